The third kappa shape index (κ3) is 4.98. The van der Waals surface area contributed by atoms with E-state index in [2.05, 4.69) is 23.1 Å². The van der Waals surface area contributed by atoms with Gasteiger partial charge in [0.05, 0.1) is 23.0 Å². The molecule has 1 N–H and O–H groups in total. The molecule has 180 valence electrons. The number of carbonyl (C=O) groups is 2. The number of pyridine rings is 1. The van der Waals surface area contributed by atoms with Crippen LogP contribution in [0.5, 0.6) is 0 Å². The molecule has 7 nitrogen and oxygen atoms in total. The van der Waals surface area contributed by atoms with Crippen LogP contribution in [0.2, 0.25) is 0 Å². The Bertz CT molecular complexity index is 1210. The van der Waals surface area contributed by atoms with Crippen molar-refractivity contribution < 1.29 is 19.4 Å². The number of anilines is 1. The quantitative estimate of drug-likeness (QED) is 0.496. The first kappa shape index (κ1) is 23.2. The molecule has 2 saturated heterocycles. The van der Waals surface area contributed by atoms with Crippen molar-refractivity contribution in [3.05, 3.63) is 83.6 Å². The minimum absolute atomic E-state index is 0.0236. The Labute approximate surface area is 208 Å². The minimum Gasteiger partial charge on any atom is -0.478 e. The summed E-state index contributed by atoms with van der Waals surface area (Å²) in [6.07, 6.45) is 1.54. The fourth-order valence-corrected chi connectivity index (χ4v) is 5.69. The van der Waals surface area contributed by atoms with Gasteiger partial charge in [0.15, 0.2) is 0 Å². The van der Waals surface area contributed by atoms with Crippen LogP contribution in [0.3, 0.4) is 0 Å². The highest BCUT2D eigenvalue weighted by molar-refractivity contribution is 7.99. The number of piperidine rings is 1. The molecule has 3 aromatic rings. The maximum Gasteiger partial charge on any atom is 0.410 e. The lowest BCUT2D eigenvalue weighted by Crippen LogP contribution is -2.46. The van der Waals surface area contributed by atoms with E-state index in [0.717, 1.165) is 52.8 Å². The van der Waals surface area contributed by atoms with Crippen LogP contribution in [-0.4, -0.2) is 52.8 Å². The number of carboxylic acid groups (broad SMARTS) is 1. The second-order valence-corrected chi connectivity index (χ2v) is 9.91. The lowest BCUT2D eigenvalue weighted by molar-refractivity contribution is 0.0696. The molecule has 1 atom stereocenters. The molecule has 1 aromatic heterocycles. The van der Waals surface area contributed by atoms with Gasteiger partial charge >= 0.3 is 12.1 Å². The molecular weight excluding hydrogens is 462 g/mol. The lowest BCUT2D eigenvalue weighted by atomic mass is 9.98. The Morgan fingerprint density at radius 2 is 1.74 bits per heavy atom. The molecule has 1 amide bonds. The Morgan fingerprint density at radius 1 is 1.03 bits per heavy atom. The molecule has 2 aromatic carbocycles. The molecule has 0 radical (unpaired) electrons. The van der Waals surface area contributed by atoms with Gasteiger partial charge < -0.3 is 14.7 Å². The number of aromatic carboxylic acids is 1. The molecule has 0 aliphatic carbocycles. The Hall–Kier alpha value is -3.52. The van der Waals surface area contributed by atoms with Crippen LogP contribution >= 0.6 is 11.8 Å². The van der Waals surface area contributed by atoms with Crippen LogP contribution in [0.25, 0.3) is 0 Å². The van der Waals surface area contributed by atoms with Gasteiger partial charge in [-0.25, -0.2) is 14.6 Å². The number of hydrogen-bond acceptors (Lipinski definition) is 6. The molecular formula is C27H27N3O4S. The monoisotopic (exact) mass is 489 g/mol. The number of aromatic nitrogens is 1. The predicted octanol–water partition coefficient (Wildman–Crippen LogP) is 5.40. The molecule has 0 spiro atoms. The molecule has 2 aliphatic heterocycles. The summed E-state index contributed by atoms with van der Waals surface area (Å²) < 4.78 is 5.43. The summed E-state index contributed by atoms with van der Waals surface area (Å²) in [5.41, 5.74) is 3.46. The second kappa shape index (κ2) is 10.00. The summed E-state index contributed by atoms with van der Waals surface area (Å²) in [6, 6.07) is 21.2. The number of cyclic esters (lactones) is 1. The number of carboxylic acids is 1. The molecule has 3 heterocycles. The van der Waals surface area contributed by atoms with Gasteiger partial charge in [-0.05, 0) is 61.7 Å². The summed E-state index contributed by atoms with van der Waals surface area (Å²) in [7, 11) is 0. The van der Waals surface area contributed by atoms with Gasteiger partial charge in [0.1, 0.15) is 11.6 Å². The van der Waals surface area contributed by atoms with Crippen molar-refractivity contribution in [1.29, 1.82) is 0 Å². The van der Waals surface area contributed by atoms with Crippen LogP contribution in [-0.2, 0) is 4.74 Å². The average Bonchev–Trinajstić information content (AvgIpc) is 3.26. The van der Waals surface area contributed by atoms with E-state index in [4.69, 9.17) is 14.8 Å². The number of amides is 1. The Morgan fingerprint density at radius 3 is 2.40 bits per heavy atom. The number of nitrogens with zero attached hydrogens (tertiary/aromatic N) is 3. The molecule has 2 fully saturated rings. The standard InChI is InChI=1S/C27H27N3O4S/c1-18-23(11-12-25(28-18)35-22-9-7-20(8-10-22)26(31)32)29-15-13-21(14-16-29)30-24(17-34-27(30)33)19-5-3-2-4-6-19/h2-12,21,24H,13-17H2,1H3,(H,31,32). The first-order chi connectivity index (χ1) is 17.0. The smallest absolute Gasteiger partial charge is 0.410 e. The normalized spacial score (nSPS) is 18.5. The summed E-state index contributed by atoms with van der Waals surface area (Å²) in [5.74, 6) is -0.930. The van der Waals surface area contributed by atoms with Crippen LogP contribution in [0, 0.1) is 6.92 Å². The zero-order valence-electron chi connectivity index (χ0n) is 19.5. The van der Waals surface area contributed by atoms with Crippen LogP contribution in [0.15, 0.2) is 76.7 Å². The van der Waals surface area contributed by atoms with E-state index in [-0.39, 0.29) is 23.7 Å². The van der Waals surface area contributed by atoms with E-state index in [1.54, 1.807) is 24.3 Å². The van der Waals surface area contributed by atoms with E-state index in [1.807, 2.05) is 36.1 Å². The van der Waals surface area contributed by atoms with Gasteiger partial charge in [-0.2, -0.15) is 0 Å². The summed E-state index contributed by atoms with van der Waals surface area (Å²) in [6.45, 7) is 4.12. The molecule has 1 unspecified atom stereocenters. The van der Waals surface area contributed by atoms with Crippen LogP contribution in [0.4, 0.5) is 10.5 Å². The summed E-state index contributed by atoms with van der Waals surface area (Å²) in [5, 5.41) is 9.93. The molecule has 35 heavy (non-hydrogen) atoms. The van der Waals surface area contributed by atoms with Crippen LogP contribution in [0.1, 0.15) is 40.5 Å². The number of rotatable bonds is 6. The summed E-state index contributed by atoms with van der Waals surface area (Å²) >= 11 is 1.51. The van der Waals surface area contributed by atoms with Crippen molar-refractivity contribution in [1.82, 2.24) is 9.88 Å². The van der Waals surface area contributed by atoms with Gasteiger partial charge in [-0.3, -0.25) is 4.90 Å². The van der Waals surface area contributed by atoms with E-state index in [9.17, 15) is 9.59 Å². The topological polar surface area (TPSA) is 83.0 Å². The van der Waals surface area contributed by atoms with Gasteiger partial charge in [0, 0.05) is 24.0 Å². The Balaban J connectivity index is 1.23. The van der Waals surface area contributed by atoms with E-state index in [0.29, 0.717) is 6.61 Å². The van der Waals surface area contributed by atoms with E-state index >= 15 is 0 Å². The number of hydrogen-bond donors (Lipinski definition) is 1. The van der Waals surface area contributed by atoms with Crippen molar-refractivity contribution in [2.75, 3.05) is 24.6 Å². The number of benzene rings is 2. The highest BCUT2D eigenvalue weighted by Crippen LogP contribution is 2.35. The maximum atomic E-state index is 12.6. The largest absolute Gasteiger partial charge is 0.478 e. The van der Waals surface area contributed by atoms with Gasteiger partial charge in [0.2, 0.25) is 0 Å². The van der Waals surface area contributed by atoms with Crippen molar-refractivity contribution >= 4 is 29.5 Å². The molecule has 0 saturated carbocycles. The zero-order valence-corrected chi connectivity index (χ0v) is 20.3. The Kier molecular flexibility index (Phi) is 6.63. The predicted molar refractivity (Wildman–Crippen MR) is 134 cm³/mol. The van der Waals surface area contributed by atoms with E-state index in [1.165, 1.54) is 11.8 Å². The first-order valence-corrected chi connectivity index (χ1v) is 12.5. The molecule has 8 heteroatoms. The number of carbonyl (C=O) groups excluding carboxylic acids is 1. The molecule has 0 bridgehead atoms. The SMILES string of the molecule is Cc1nc(Sc2ccc(C(=O)O)cc2)ccc1N1CCC(N2C(=O)OCC2c2ccccc2)CC1. The van der Waals surface area contributed by atoms with Crippen molar-refractivity contribution in [3.8, 4) is 0 Å². The second-order valence-electron chi connectivity index (χ2n) is 8.81. The first-order valence-electron chi connectivity index (χ1n) is 11.7. The van der Waals surface area contributed by atoms with Gasteiger partial charge in [-0.15, -0.1) is 0 Å². The molecule has 5 rings (SSSR count). The fourth-order valence-electron chi connectivity index (χ4n) is 4.86. The highest BCUT2D eigenvalue weighted by Gasteiger charge is 2.40. The van der Waals surface area contributed by atoms with Crippen LogP contribution < -0.4 is 4.90 Å². The number of ether oxygens (including phenoxy) is 1. The van der Waals surface area contributed by atoms with Crippen molar-refractivity contribution in [3.63, 3.8) is 0 Å². The third-order valence-corrected chi connectivity index (χ3v) is 7.59. The van der Waals surface area contributed by atoms with Gasteiger partial charge in [-0.1, -0.05) is 42.1 Å². The fraction of sp³-hybridized carbons (Fsp3) is 0.296. The average molecular weight is 490 g/mol. The van der Waals surface area contributed by atoms with Gasteiger partial charge in [0.25, 0.3) is 0 Å². The van der Waals surface area contributed by atoms with Crippen molar-refractivity contribution in [2.24, 2.45) is 0 Å². The number of aryl methyl sites for hydroxylation is 1. The minimum atomic E-state index is -0.930. The lowest BCUT2D eigenvalue weighted by Gasteiger charge is -2.39. The third-order valence-electron chi connectivity index (χ3n) is 6.65. The zero-order chi connectivity index (χ0) is 24.4. The highest BCUT2D eigenvalue weighted by atomic mass is 32.2. The van der Waals surface area contributed by atoms with E-state index < -0.39 is 5.97 Å². The van der Waals surface area contributed by atoms with Crippen molar-refractivity contribution in [2.45, 2.75) is 41.8 Å². The molecule has 2 aliphatic rings. The maximum absolute atomic E-state index is 12.6. The summed E-state index contributed by atoms with van der Waals surface area (Å²) in [4.78, 5) is 33.6.